The summed E-state index contributed by atoms with van der Waals surface area (Å²) in [5, 5.41) is 3.63. The minimum Gasteiger partial charge on any atom is -0.365 e. The summed E-state index contributed by atoms with van der Waals surface area (Å²) in [6.07, 6.45) is -3.90. The van der Waals surface area contributed by atoms with Crippen LogP contribution in [0.3, 0.4) is 0 Å². The van der Waals surface area contributed by atoms with Crippen molar-refractivity contribution in [3.8, 4) is 0 Å². The first kappa shape index (κ1) is 23.3. The maximum absolute atomic E-state index is 12.8. The molecule has 2 aromatic carbocycles. The van der Waals surface area contributed by atoms with Gasteiger partial charge in [-0.15, -0.1) is 11.3 Å². The lowest BCUT2D eigenvalue weighted by Crippen LogP contribution is -2.30. The quantitative estimate of drug-likeness (QED) is 0.504. The average Bonchev–Trinajstić information content (AvgIpc) is 3.12. The van der Waals surface area contributed by atoms with Gasteiger partial charge in [0.15, 0.2) is 0 Å². The van der Waals surface area contributed by atoms with Gasteiger partial charge in [0.1, 0.15) is 5.00 Å². The molecular formula is C23H19ClF3N3O2S. The molecule has 0 saturated heterocycles. The van der Waals surface area contributed by atoms with Crippen LogP contribution in [-0.4, -0.2) is 23.3 Å². The van der Waals surface area contributed by atoms with Crippen molar-refractivity contribution in [1.29, 1.82) is 0 Å². The number of nitrogens with zero attached hydrogens (tertiary/aromatic N) is 1. The van der Waals surface area contributed by atoms with Gasteiger partial charge >= 0.3 is 6.18 Å². The number of halogens is 4. The molecule has 0 fully saturated rings. The van der Waals surface area contributed by atoms with Crippen molar-refractivity contribution < 1.29 is 22.8 Å². The highest BCUT2D eigenvalue weighted by Crippen LogP contribution is 2.37. The second-order valence-electron chi connectivity index (χ2n) is 7.69. The summed E-state index contributed by atoms with van der Waals surface area (Å²) >= 11 is 7.21. The van der Waals surface area contributed by atoms with E-state index in [9.17, 15) is 22.8 Å². The highest BCUT2D eigenvalue weighted by atomic mass is 35.5. The summed E-state index contributed by atoms with van der Waals surface area (Å²) in [7, 11) is 0. The van der Waals surface area contributed by atoms with Gasteiger partial charge < -0.3 is 11.1 Å². The van der Waals surface area contributed by atoms with Crippen LogP contribution in [0.5, 0.6) is 0 Å². The summed E-state index contributed by atoms with van der Waals surface area (Å²) < 4.78 is 38.3. The molecule has 0 atom stereocenters. The third kappa shape index (κ3) is 5.21. The molecule has 1 aliphatic rings. The van der Waals surface area contributed by atoms with Gasteiger partial charge in [-0.05, 0) is 53.9 Å². The Balaban J connectivity index is 1.53. The van der Waals surface area contributed by atoms with Crippen LogP contribution in [0.1, 0.15) is 42.3 Å². The van der Waals surface area contributed by atoms with E-state index in [4.69, 9.17) is 17.3 Å². The van der Waals surface area contributed by atoms with Crippen LogP contribution in [0.25, 0.3) is 0 Å². The summed E-state index contributed by atoms with van der Waals surface area (Å²) in [6.45, 7) is 1.99. The minimum atomic E-state index is -4.49. The summed E-state index contributed by atoms with van der Waals surface area (Å²) in [5.74, 6) is -1.26. The molecule has 1 aliphatic heterocycles. The lowest BCUT2D eigenvalue weighted by atomic mass is 10.0. The fourth-order valence-electron chi connectivity index (χ4n) is 3.77. The number of nitrogens with two attached hydrogens (primary N) is 1. The molecule has 3 N–H and O–H groups in total. The molecule has 3 aromatic rings. The number of nitrogens with one attached hydrogen (secondary N) is 1. The van der Waals surface area contributed by atoms with Crippen LogP contribution in [0.4, 0.5) is 18.2 Å². The number of alkyl halides is 3. The number of hydrogen-bond acceptors (Lipinski definition) is 4. The Morgan fingerprint density at radius 3 is 2.36 bits per heavy atom. The first-order chi connectivity index (χ1) is 15.6. The number of thiophene rings is 1. The van der Waals surface area contributed by atoms with Crippen LogP contribution >= 0.6 is 22.9 Å². The number of fused-ring (bicyclic) bond motifs is 1. The fraction of sp³-hybridized carbons (Fsp3) is 0.217. The number of rotatable bonds is 5. The van der Waals surface area contributed by atoms with Crippen LogP contribution in [0, 0.1) is 0 Å². The molecule has 4 rings (SSSR count). The zero-order valence-electron chi connectivity index (χ0n) is 17.2. The van der Waals surface area contributed by atoms with Crippen molar-refractivity contribution in [2.45, 2.75) is 25.7 Å². The first-order valence-corrected chi connectivity index (χ1v) is 11.2. The van der Waals surface area contributed by atoms with E-state index in [1.165, 1.54) is 11.3 Å². The topological polar surface area (TPSA) is 75.4 Å². The summed E-state index contributed by atoms with van der Waals surface area (Å²) in [4.78, 5) is 27.9. The molecule has 10 heteroatoms. The Hall–Kier alpha value is -2.88. The Labute approximate surface area is 197 Å². The molecule has 0 aliphatic carbocycles. The molecular weight excluding hydrogens is 475 g/mol. The monoisotopic (exact) mass is 493 g/mol. The molecule has 0 bridgehead atoms. The van der Waals surface area contributed by atoms with E-state index in [1.807, 2.05) is 24.3 Å². The summed E-state index contributed by atoms with van der Waals surface area (Å²) in [6, 6.07) is 11.5. The SMILES string of the molecule is NC(=O)c1c(NC(=O)c2ccc(C(F)(F)F)cc2)sc2c1CCN(Cc1ccc(Cl)cc1)C2. The minimum absolute atomic E-state index is 0.0501. The predicted molar refractivity (Wildman–Crippen MR) is 122 cm³/mol. The van der Waals surface area contributed by atoms with Gasteiger partial charge in [-0.25, -0.2) is 0 Å². The molecule has 0 spiro atoms. The predicted octanol–water partition coefficient (Wildman–Crippen LogP) is 5.33. The Morgan fingerprint density at radius 1 is 1.09 bits per heavy atom. The second kappa shape index (κ2) is 9.17. The molecule has 0 unspecified atom stereocenters. The van der Waals surface area contributed by atoms with Crippen molar-refractivity contribution in [3.05, 3.63) is 86.2 Å². The van der Waals surface area contributed by atoms with E-state index in [1.54, 1.807) is 0 Å². The molecule has 1 aromatic heterocycles. The highest BCUT2D eigenvalue weighted by molar-refractivity contribution is 7.17. The Morgan fingerprint density at radius 2 is 1.76 bits per heavy atom. The van der Waals surface area contributed by atoms with E-state index >= 15 is 0 Å². The number of anilines is 1. The lowest BCUT2D eigenvalue weighted by molar-refractivity contribution is -0.137. The number of carbonyl (C=O) groups is 2. The van der Waals surface area contributed by atoms with Gasteiger partial charge in [0.25, 0.3) is 11.8 Å². The molecule has 2 heterocycles. The number of amides is 2. The lowest BCUT2D eigenvalue weighted by Gasteiger charge is -2.27. The number of benzene rings is 2. The number of hydrogen-bond donors (Lipinski definition) is 2. The molecule has 5 nitrogen and oxygen atoms in total. The van der Waals surface area contributed by atoms with Crippen LogP contribution in [0.15, 0.2) is 48.5 Å². The average molecular weight is 494 g/mol. The van der Waals surface area contributed by atoms with E-state index < -0.39 is 23.6 Å². The Kier molecular flexibility index (Phi) is 6.47. The molecule has 0 saturated carbocycles. The second-order valence-corrected chi connectivity index (χ2v) is 9.23. The molecule has 33 heavy (non-hydrogen) atoms. The van der Waals surface area contributed by atoms with Crippen molar-refractivity contribution >= 4 is 39.8 Å². The maximum atomic E-state index is 12.8. The van der Waals surface area contributed by atoms with Gasteiger partial charge in [0.05, 0.1) is 11.1 Å². The molecule has 0 radical (unpaired) electrons. The zero-order valence-corrected chi connectivity index (χ0v) is 18.8. The Bertz CT molecular complexity index is 1190. The standard InChI is InChI=1S/C23H19ClF3N3O2S/c24-16-7-1-13(2-8-16)11-30-10-9-17-18(12-30)33-22(19(17)20(28)31)29-21(32)14-3-5-15(6-4-14)23(25,26)27/h1-8H,9-12H2,(H2,28,31)(H,29,32). The fourth-order valence-corrected chi connectivity index (χ4v) is 5.19. The van der Waals surface area contributed by atoms with E-state index in [0.717, 1.165) is 40.3 Å². The van der Waals surface area contributed by atoms with E-state index in [-0.39, 0.29) is 11.1 Å². The van der Waals surface area contributed by atoms with Gasteiger partial charge in [-0.3, -0.25) is 14.5 Å². The number of carbonyl (C=O) groups excluding carboxylic acids is 2. The highest BCUT2D eigenvalue weighted by Gasteiger charge is 2.31. The summed E-state index contributed by atoms with van der Waals surface area (Å²) in [5.41, 5.74) is 6.99. The normalized spacial score (nSPS) is 14.1. The zero-order chi connectivity index (χ0) is 23.8. The molecule has 172 valence electrons. The van der Waals surface area contributed by atoms with Crippen LogP contribution in [0.2, 0.25) is 5.02 Å². The van der Waals surface area contributed by atoms with E-state index in [2.05, 4.69) is 10.2 Å². The van der Waals surface area contributed by atoms with Crippen molar-refractivity contribution in [2.24, 2.45) is 5.73 Å². The smallest absolute Gasteiger partial charge is 0.365 e. The van der Waals surface area contributed by atoms with Crippen molar-refractivity contribution in [3.63, 3.8) is 0 Å². The first-order valence-electron chi connectivity index (χ1n) is 10.0. The third-order valence-electron chi connectivity index (χ3n) is 5.40. The van der Waals surface area contributed by atoms with Gasteiger partial charge in [-0.1, -0.05) is 23.7 Å². The van der Waals surface area contributed by atoms with Crippen molar-refractivity contribution in [1.82, 2.24) is 4.90 Å². The van der Waals surface area contributed by atoms with Gasteiger partial charge in [0, 0.05) is 35.1 Å². The van der Waals surface area contributed by atoms with E-state index in [0.29, 0.717) is 36.1 Å². The van der Waals surface area contributed by atoms with Crippen LogP contribution in [-0.2, 0) is 25.7 Å². The molecule has 2 amide bonds. The number of primary amides is 1. The third-order valence-corrected chi connectivity index (χ3v) is 6.79. The largest absolute Gasteiger partial charge is 0.416 e. The maximum Gasteiger partial charge on any atom is 0.416 e. The van der Waals surface area contributed by atoms with Crippen molar-refractivity contribution in [2.75, 3.05) is 11.9 Å². The van der Waals surface area contributed by atoms with Gasteiger partial charge in [-0.2, -0.15) is 13.2 Å². The van der Waals surface area contributed by atoms with Crippen LogP contribution < -0.4 is 11.1 Å². The van der Waals surface area contributed by atoms with Gasteiger partial charge in [0.2, 0.25) is 0 Å².